The molecule has 1 saturated heterocycles. The summed E-state index contributed by atoms with van der Waals surface area (Å²) in [6.07, 6.45) is 5.79. The number of pyridine rings is 1. The molecule has 0 amide bonds. The molecule has 0 spiro atoms. The van der Waals surface area contributed by atoms with Crippen molar-refractivity contribution in [1.29, 1.82) is 0 Å². The summed E-state index contributed by atoms with van der Waals surface area (Å²) in [5.41, 5.74) is 3.14. The third kappa shape index (κ3) is 4.77. The number of benzene rings is 1. The molecule has 150 valence electrons. The molecule has 0 N–H and O–H groups in total. The first kappa shape index (κ1) is 19.5. The highest BCUT2D eigenvalue weighted by Gasteiger charge is 2.24. The lowest BCUT2D eigenvalue weighted by Gasteiger charge is -2.33. The van der Waals surface area contributed by atoms with Gasteiger partial charge in [-0.15, -0.1) is 0 Å². The van der Waals surface area contributed by atoms with Gasteiger partial charge in [-0.3, -0.25) is 9.88 Å². The van der Waals surface area contributed by atoms with Crippen molar-refractivity contribution in [3.63, 3.8) is 0 Å². The number of hydrogen-bond acceptors (Lipinski definition) is 5. The topological polar surface area (TPSA) is 45.2 Å². The Bertz CT molecular complexity index is 943. The Morgan fingerprint density at radius 1 is 1.14 bits per heavy atom. The van der Waals surface area contributed by atoms with E-state index in [1.54, 1.807) is 12.4 Å². The van der Waals surface area contributed by atoms with Crippen molar-refractivity contribution in [2.45, 2.75) is 25.3 Å². The maximum Gasteiger partial charge on any atom is 0.163 e. The fraction of sp³-hybridized carbons (Fsp3) is 0.348. The molecule has 1 aliphatic rings. The van der Waals surface area contributed by atoms with Crippen molar-refractivity contribution in [2.75, 3.05) is 32.1 Å². The zero-order valence-corrected chi connectivity index (χ0v) is 16.9. The minimum atomic E-state index is -0.189. The minimum Gasteiger partial charge on any atom is -0.363 e. The average molecular weight is 391 g/mol. The summed E-state index contributed by atoms with van der Waals surface area (Å²) in [5, 5.41) is 0. The van der Waals surface area contributed by atoms with Gasteiger partial charge in [0.2, 0.25) is 0 Å². The first-order valence-electron chi connectivity index (χ1n) is 10.0. The highest BCUT2D eigenvalue weighted by Crippen LogP contribution is 2.30. The predicted octanol–water partition coefficient (Wildman–Crippen LogP) is 4.12. The van der Waals surface area contributed by atoms with Crippen molar-refractivity contribution < 1.29 is 4.39 Å². The van der Waals surface area contributed by atoms with Crippen LogP contribution in [0.3, 0.4) is 0 Å². The smallest absolute Gasteiger partial charge is 0.163 e. The Morgan fingerprint density at radius 3 is 2.69 bits per heavy atom. The first-order chi connectivity index (χ1) is 14.1. The number of likely N-dealkylation sites (tertiary alicyclic amines) is 1. The number of hydrogen-bond donors (Lipinski definition) is 0. The summed E-state index contributed by atoms with van der Waals surface area (Å²) >= 11 is 0. The van der Waals surface area contributed by atoms with Crippen LogP contribution in [0.4, 0.5) is 10.2 Å². The van der Waals surface area contributed by atoms with Gasteiger partial charge in [-0.2, -0.15) is 0 Å². The molecule has 1 aromatic carbocycles. The summed E-state index contributed by atoms with van der Waals surface area (Å²) in [6.45, 7) is 2.82. The van der Waals surface area contributed by atoms with Crippen molar-refractivity contribution in [1.82, 2.24) is 19.9 Å². The molecular weight excluding hydrogens is 365 g/mol. The van der Waals surface area contributed by atoms with E-state index >= 15 is 0 Å². The van der Waals surface area contributed by atoms with Gasteiger partial charge in [-0.05, 0) is 49.2 Å². The second-order valence-electron chi connectivity index (χ2n) is 7.81. The van der Waals surface area contributed by atoms with Crippen LogP contribution in [0, 0.1) is 5.82 Å². The molecule has 3 aromatic rings. The van der Waals surface area contributed by atoms with Crippen LogP contribution in [0.5, 0.6) is 0 Å². The molecule has 1 atom stereocenters. The molecular formula is C23H26FN5. The summed E-state index contributed by atoms with van der Waals surface area (Å²) < 4.78 is 13.2. The van der Waals surface area contributed by atoms with Crippen LogP contribution in [-0.2, 0) is 6.54 Å². The Kier molecular flexibility index (Phi) is 5.81. The van der Waals surface area contributed by atoms with E-state index in [1.165, 1.54) is 12.1 Å². The van der Waals surface area contributed by atoms with Crippen LogP contribution in [0.15, 0.2) is 54.9 Å². The second-order valence-corrected chi connectivity index (χ2v) is 7.81. The summed E-state index contributed by atoms with van der Waals surface area (Å²) in [7, 11) is 4.00. The van der Waals surface area contributed by atoms with Gasteiger partial charge < -0.3 is 4.90 Å². The zero-order valence-electron chi connectivity index (χ0n) is 16.9. The molecule has 6 heteroatoms. The normalized spacial score (nSPS) is 17.3. The zero-order chi connectivity index (χ0) is 20.2. The number of anilines is 1. The van der Waals surface area contributed by atoms with Crippen LogP contribution < -0.4 is 4.90 Å². The fourth-order valence-corrected chi connectivity index (χ4v) is 3.80. The monoisotopic (exact) mass is 391 g/mol. The number of halogens is 1. The first-order valence-corrected chi connectivity index (χ1v) is 10.0. The van der Waals surface area contributed by atoms with E-state index in [0.29, 0.717) is 5.92 Å². The van der Waals surface area contributed by atoms with Gasteiger partial charge in [-0.1, -0.05) is 12.1 Å². The lowest BCUT2D eigenvalue weighted by Crippen LogP contribution is -2.34. The SMILES string of the molecule is CN(C)c1cc([C@@H]2CCCN(Cc3ccc(F)cc3)C2)nc(-c2cccnc2)n1. The number of nitrogens with zero attached hydrogens (tertiary/aromatic N) is 5. The van der Waals surface area contributed by atoms with E-state index in [4.69, 9.17) is 9.97 Å². The summed E-state index contributed by atoms with van der Waals surface area (Å²) in [6, 6.07) is 12.8. The molecule has 3 heterocycles. The molecule has 4 rings (SSSR count). The van der Waals surface area contributed by atoms with Crippen LogP contribution in [0.1, 0.15) is 30.0 Å². The Labute approximate surface area is 171 Å². The van der Waals surface area contributed by atoms with Crippen molar-refractivity contribution in [3.8, 4) is 11.4 Å². The Balaban J connectivity index is 1.57. The van der Waals surface area contributed by atoms with Gasteiger partial charge >= 0.3 is 0 Å². The number of rotatable bonds is 5. The number of piperidine rings is 1. The van der Waals surface area contributed by atoms with E-state index in [-0.39, 0.29) is 5.82 Å². The Hall–Kier alpha value is -2.86. The summed E-state index contributed by atoms with van der Waals surface area (Å²) in [5.74, 6) is 1.78. The molecule has 29 heavy (non-hydrogen) atoms. The van der Waals surface area contributed by atoms with E-state index in [0.717, 1.165) is 60.9 Å². The van der Waals surface area contributed by atoms with Gasteiger partial charge in [0.1, 0.15) is 11.6 Å². The molecule has 0 saturated carbocycles. The molecule has 1 aliphatic heterocycles. The summed E-state index contributed by atoms with van der Waals surface area (Å²) in [4.78, 5) is 18.3. The van der Waals surface area contributed by atoms with Crippen LogP contribution in [0.25, 0.3) is 11.4 Å². The quantitative estimate of drug-likeness (QED) is 0.655. The highest BCUT2D eigenvalue weighted by molar-refractivity contribution is 5.56. The molecule has 5 nitrogen and oxygen atoms in total. The fourth-order valence-electron chi connectivity index (χ4n) is 3.80. The van der Waals surface area contributed by atoms with Crippen molar-refractivity contribution in [2.24, 2.45) is 0 Å². The lowest BCUT2D eigenvalue weighted by molar-refractivity contribution is 0.198. The predicted molar refractivity (Wildman–Crippen MR) is 113 cm³/mol. The second kappa shape index (κ2) is 8.66. The van der Waals surface area contributed by atoms with E-state index in [9.17, 15) is 4.39 Å². The molecule has 2 aromatic heterocycles. The van der Waals surface area contributed by atoms with Gasteiger partial charge in [-0.25, -0.2) is 14.4 Å². The van der Waals surface area contributed by atoms with E-state index in [2.05, 4.69) is 16.0 Å². The molecule has 0 bridgehead atoms. The molecule has 0 unspecified atom stereocenters. The van der Waals surface area contributed by atoms with Crippen LogP contribution >= 0.6 is 0 Å². The van der Waals surface area contributed by atoms with Gasteiger partial charge in [0.05, 0.1) is 5.69 Å². The number of aromatic nitrogens is 3. The average Bonchev–Trinajstić information content (AvgIpc) is 2.76. The maximum absolute atomic E-state index is 13.2. The van der Waals surface area contributed by atoms with E-state index in [1.807, 2.05) is 43.3 Å². The van der Waals surface area contributed by atoms with Crippen molar-refractivity contribution >= 4 is 5.82 Å². The van der Waals surface area contributed by atoms with Gasteiger partial charge in [0, 0.05) is 57.1 Å². The van der Waals surface area contributed by atoms with Crippen molar-refractivity contribution in [3.05, 3.63) is 71.9 Å². The van der Waals surface area contributed by atoms with Gasteiger partial charge in [0.25, 0.3) is 0 Å². The third-order valence-electron chi connectivity index (χ3n) is 5.35. The van der Waals surface area contributed by atoms with Crippen LogP contribution in [0.2, 0.25) is 0 Å². The maximum atomic E-state index is 13.2. The van der Waals surface area contributed by atoms with E-state index < -0.39 is 0 Å². The lowest BCUT2D eigenvalue weighted by atomic mass is 9.94. The molecule has 1 fully saturated rings. The largest absolute Gasteiger partial charge is 0.363 e. The minimum absolute atomic E-state index is 0.189. The molecule has 0 aliphatic carbocycles. The molecule has 0 radical (unpaired) electrons. The third-order valence-corrected chi connectivity index (χ3v) is 5.35. The Morgan fingerprint density at radius 2 is 1.97 bits per heavy atom. The highest BCUT2D eigenvalue weighted by atomic mass is 19.1. The van der Waals surface area contributed by atoms with Crippen LogP contribution in [-0.4, -0.2) is 47.0 Å². The standard InChI is InChI=1S/C23H26FN5/c1-28(2)22-13-21(26-23(27-22)18-5-3-11-25-14-18)19-6-4-12-29(16-19)15-17-7-9-20(24)10-8-17/h3,5,7-11,13-14,19H,4,6,12,15-16H2,1-2H3/t19-/m1/s1. The van der Waals surface area contributed by atoms with Gasteiger partial charge in [0.15, 0.2) is 5.82 Å².